The molecule has 0 unspecified atom stereocenters. The van der Waals surface area contributed by atoms with Gasteiger partial charge in [0.15, 0.2) is 0 Å². The Morgan fingerprint density at radius 1 is 0.219 bits per heavy atom. The molecule has 0 bridgehead atoms. The summed E-state index contributed by atoms with van der Waals surface area (Å²) in [6.07, 6.45) is 13.5. The molecule has 0 amide bonds. The molecule has 1 nitrogen and oxygen atoms in total. The van der Waals surface area contributed by atoms with Crippen molar-refractivity contribution in [2.24, 2.45) is 0 Å². The summed E-state index contributed by atoms with van der Waals surface area (Å²) in [5, 5.41) is 4.76. The van der Waals surface area contributed by atoms with Crippen LogP contribution in [0.2, 0.25) is 49.9 Å². The average Bonchev–Trinajstić information content (AvgIpc) is 3.34. The molecule has 0 fully saturated rings. The van der Waals surface area contributed by atoms with Gasteiger partial charge >= 0.3 is 0 Å². The van der Waals surface area contributed by atoms with Crippen LogP contribution in [0.3, 0.4) is 0 Å². The Hall–Kier alpha value is -5.01. The van der Waals surface area contributed by atoms with Crippen LogP contribution in [0.5, 0.6) is 0 Å². The molecule has 0 saturated carbocycles. The summed E-state index contributed by atoms with van der Waals surface area (Å²) in [7, 11) is -5.09. The molecule has 4 heteroatoms. The van der Waals surface area contributed by atoms with Crippen molar-refractivity contribution in [2.75, 3.05) is 4.90 Å². The minimum Gasteiger partial charge on any atom is -0.311 e. The van der Waals surface area contributed by atoms with E-state index in [9.17, 15) is 0 Å². The molecule has 0 heterocycles. The predicted octanol–water partition coefficient (Wildman–Crippen LogP) is 20.3. The molecule has 0 N–H and O–H groups in total. The molecule has 0 spiro atoms. The highest BCUT2D eigenvalue weighted by Crippen LogP contribution is 2.44. The lowest BCUT2D eigenvalue weighted by Crippen LogP contribution is -2.55. The summed E-state index contributed by atoms with van der Waals surface area (Å²) in [4.78, 5) is 2.38. The van der Waals surface area contributed by atoms with Crippen LogP contribution in [0, 0.1) is 0 Å². The molecular weight excluding hydrogens is 927 g/mol. The van der Waals surface area contributed by atoms with Crippen LogP contribution in [0.1, 0.15) is 158 Å². The fourth-order valence-corrected chi connectivity index (χ4v) is 35.1. The molecule has 6 aromatic rings. The Labute approximate surface area is 449 Å². The molecule has 0 saturated heterocycles. The number of hydrogen-bond acceptors (Lipinski definition) is 1. The first kappa shape index (κ1) is 57.3. The fraction of sp³-hybridized carbons (Fsp3) is 0.391. The van der Waals surface area contributed by atoms with E-state index in [1.54, 1.807) is 15.6 Å². The van der Waals surface area contributed by atoms with Crippen LogP contribution in [0.25, 0.3) is 36.5 Å². The first-order valence-corrected chi connectivity index (χ1v) is 34.8. The second-order valence-corrected chi connectivity index (χ2v) is 41.9. The van der Waals surface area contributed by atoms with Crippen LogP contribution >= 0.6 is 0 Å². The first-order valence-electron chi connectivity index (χ1n) is 28.1. The molecule has 6 aromatic carbocycles. The monoisotopic (exact) mass is 1020 g/mol. The Balaban J connectivity index is 1.27. The SMILES string of the molecule is CC(C)[Si](c1ccc(/C=C/c2ccc(N(c3ccc(/C=C/c4ccc([Si](C(C)C)(C(C)C)C(C)C)cc4)cc3)c3ccc(/C=C/c4ccc([Si](C(C)C)(C(C)C)C(C)C)cc4)cc3)cc2)cc1)(C(C)C)C(C)C. The number of anilines is 3. The lowest BCUT2D eigenvalue weighted by Gasteiger charge is -2.43. The predicted molar refractivity (Wildman–Crippen MR) is 339 cm³/mol. The van der Waals surface area contributed by atoms with Gasteiger partial charge in [0.2, 0.25) is 0 Å². The van der Waals surface area contributed by atoms with Crippen LogP contribution in [0.15, 0.2) is 146 Å². The summed E-state index contributed by atoms with van der Waals surface area (Å²) < 4.78 is 0. The van der Waals surface area contributed by atoms with E-state index in [-0.39, 0.29) is 0 Å². The van der Waals surface area contributed by atoms with E-state index in [1.165, 1.54) is 33.4 Å². The summed E-state index contributed by atoms with van der Waals surface area (Å²) in [6, 6.07) is 55.6. The van der Waals surface area contributed by atoms with Crippen molar-refractivity contribution in [3.05, 3.63) is 179 Å². The van der Waals surface area contributed by atoms with Crippen molar-refractivity contribution in [1.29, 1.82) is 0 Å². The largest absolute Gasteiger partial charge is 0.311 e. The smallest absolute Gasteiger partial charge is 0.0942 e. The third kappa shape index (κ3) is 11.9. The van der Waals surface area contributed by atoms with Crippen molar-refractivity contribution in [3.8, 4) is 0 Å². The number of hydrogen-bond donors (Lipinski definition) is 0. The van der Waals surface area contributed by atoms with Gasteiger partial charge in [0, 0.05) is 17.1 Å². The maximum absolute atomic E-state index is 2.45. The fourth-order valence-electron chi connectivity index (χ4n) is 14.9. The highest BCUT2D eigenvalue weighted by atomic mass is 28.3. The third-order valence-electron chi connectivity index (χ3n) is 17.7. The van der Waals surface area contributed by atoms with Crippen molar-refractivity contribution in [1.82, 2.24) is 0 Å². The second-order valence-electron chi connectivity index (χ2n) is 24.2. The van der Waals surface area contributed by atoms with Crippen LogP contribution in [-0.4, -0.2) is 24.2 Å². The van der Waals surface area contributed by atoms with Gasteiger partial charge in [-0.2, -0.15) is 0 Å². The van der Waals surface area contributed by atoms with E-state index in [0.29, 0.717) is 49.9 Å². The van der Waals surface area contributed by atoms with Crippen LogP contribution < -0.4 is 20.5 Å². The lowest BCUT2D eigenvalue weighted by atomic mass is 10.1. The Bertz CT molecular complexity index is 2360. The second kappa shape index (κ2) is 24.6. The molecular formula is C69H93NSi3. The maximum Gasteiger partial charge on any atom is 0.0942 e. The van der Waals surface area contributed by atoms with Gasteiger partial charge < -0.3 is 4.90 Å². The molecule has 6 rings (SSSR count). The number of rotatable bonds is 21. The van der Waals surface area contributed by atoms with Gasteiger partial charge in [-0.3, -0.25) is 0 Å². The Morgan fingerprint density at radius 2 is 0.356 bits per heavy atom. The first-order chi connectivity index (χ1) is 34.6. The van der Waals surface area contributed by atoms with E-state index in [1.807, 2.05) is 0 Å². The summed E-state index contributed by atoms with van der Waals surface area (Å²) in [5.74, 6) is 0. The van der Waals surface area contributed by atoms with E-state index in [4.69, 9.17) is 0 Å². The third-order valence-corrected chi connectivity index (χ3v) is 38.9. The lowest BCUT2D eigenvalue weighted by molar-refractivity contribution is 0.835. The zero-order valence-electron chi connectivity index (χ0n) is 48.5. The van der Waals surface area contributed by atoms with Crippen molar-refractivity contribution >= 4 is 93.3 Å². The molecule has 0 aliphatic rings. The van der Waals surface area contributed by atoms with Gasteiger partial charge in [0.05, 0.1) is 24.2 Å². The number of nitrogens with zero attached hydrogens (tertiary/aromatic N) is 1. The molecule has 0 aliphatic heterocycles. The zero-order valence-corrected chi connectivity index (χ0v) is 51.5. The molecule has 0 radical (unpaired) electrons. The topological polar surface area (TPSA) is 3.24 Å². The molecule has 0 aromatic heterocycles. The average molecular weight is 1020 g/mol. The summed E-state index contributed by atoms with van der Waals surface area (Å²) in [5.41, 5.74) is 16.9. The summed E-state index contributed by atoms with van der Waals surface area (Å²) >= 11 is 0. The van der Waals surface area contributed by atoms with E-state index >= 15 is 0 Å². The molecule has 386 valence electrons. The van der Waals surface area contributed by atoms with Crippen LogP contribution in [-0.2, 0) is 0 Å². The van der Waals surface area contributed by atoms with Gasteiger partial charge in [-0.1, -0.05) is 286 Å². The number of benzene rings is 6. The zero-order chi connectivity index (χ0) is 53.4. The molecule has 0 aliphatic carbocycles. The Kier molecular flexibility index (Phi) is 19.3. The minimum absolute atomic E-state index is 0.691. The minimum atomic E-state index is -1.70. The Morgan fingerprint density at radius 3 is 0.493 bits per heavy atom. The standard InChI is InChI=1S/C69H93NSi3/c1-49(2)71(50(3)4,51(5)6)67-43-31-61(32-44-67)22-19-58-25-37-64(38-26-58)70(65-39-27-59(28-40-65)20-23-62-33-45-68(46-34-62)72(52(7)8,53(9)10)54(11)12)66-41-29-60(30-42-66)21-24-63-35-47-69(48-36-63)73(55(13)14,56(15)16)57(17)18/h19-57H,1-18H3/b22-19+,23-20+,24-21+. The van der Waals surface area contributed by atoms with Gasteiger partial charge in [0.25, 0.3) is 0 Å². The van der Waals surface area contributed by atoms with E-state index in [0.717, 1.165) is 17.1 Å². The van der Waals surface area contributed by atoms with Crippen molar-refractivity contribution in [3.63, 3.8) is 0 Å². The highest BCUT2D eigenvalue weighted by Gasteiger charge is 2.46. The quantitative estimate of drug-likeness (QED) is 0.0513. The molecule has 73 heavy (non-hydrogen) atoms. The maximum atomic E-state index is 2.45. The van der Waals surface area contributed by atoms with Crippen LogP contribution in [0.4, 0.5) is 17.1 Å². The van der Waals surface area contributed by atoms with E-state index < -0.39 is 24.2 Å². The van der Waals surface area contributed by atoms with Gasteiger partial charge in [-0.05, 0) is 120 Å². The molecule has 0 atom stereocenters. The van der Waals surface area contributed by atoms with Crippen molar-refractivity contribution < 1.29 is 0 Å². The summed E-state index contributed by atoms with van der Waals surface area (Å²) in [6.45, 7) is 44.0. The normalized spacial score (nSPS) is 13.2. The highest BCUT2D eigenvalue weighted by molar-refractivity contribution is 6.96. The van der Waals surface area contributed by atoms with Gasteiger partial charge in [-0.25, -0.2) is 0 Å². The van der Waals surface area contributed by atoms with E-state index in [2.05, 4.69) is 312 Å². The van der Waals surface area contributed by atoms with Gasteiger partial charge in [-0.15, -0.1) is 0 Å². The van der Waals surface area contributed by atoms with Crippen molar-refractivity contribution in [2.45, 2.75) is 174 Å². The van der Waals surface area contributed by atoms with Gasteiger partial charge in [0.1, 0.15) is 0 Å².